The monoisotopic (exact) mass is 145 g/mol. The summed E-state index contributed by atoms with van der Waals surface area (Å²) in [4.78, 5) is 10.7. The van der Waals surface area contributed by atoms with Crippen molar-refractivity contribution in [2.75, 3.05) is 0 Å². The molecule has 0 aromatic carbocycles. The van der Waals surface area contributed by atoms with E-state index in [4.69, 9.17) is 4.74 Å². The van der Waals surface area contributed by atoms with E-state index in [0.717, 1.165) is 12.8 Å². The average Bonchev–Trinajstić information content (AvgIpc) is 2.50. The second kappa shape index (κ2) is 2.60. The Bertz CT molecular complexity index is 118. The fourth-order valence-electron chi connectivity index (χ4n) is 0.446. The van der Waals surface area contributed by atoms with Crippen LogP contribution in [0.3, 0.4) is 0 Å². The molecule has 0 amide bonds. The summed E-state index contributed by atoms with van der Waals surface area (Å²) in [5.74, 6) is -0.243. The van der Waals surface area contributed by atoms with Crippen LogP contribution in [0.1, 0.15) is 19.8 Å². The zero-order valence-electron chi connectivity index (χ0n) is 5.29. The predicted molar refractivity (Wildman–Crippen MR) is 36.2 cm³/mol. The Kier molecular flexibility index (Phi) is 2.01. The number of carbonyl (C=O) groups is 1. The molecule has 0 aliphatic heterocycles. The van der Waals surface area contributed by atoms with Crippen LogP contribution in [0.25, 0.3) is 0 Å². The first-order valence-corrected chi connectivity index (χ1v) is 3.53. The van der Waals surface area contributed by atoms with Crippen LogP contribution in [0, 0.1) is 0 Å². The van der Waals surface area contributed by atoms with E-state index < -0.39 is 0 Å². The number of rotatable bonds is 2. The summed E-state index contributed by atoms with van der Waals surface area (Å²) in [6.07, 6.45) is 2.24. The molecule has 3 heteroatoms. The van der Waals surface area contributed by atoms with Crippen LogP contribution in [0.5, 0.6) is 0 Å². The molecular formula is C6H9O2S. The van der Waals surface area contributed by atoms with E-state index in [1.165, 1.54) is 0 Å². The molecule has 0 aromatic rings. The van der Waals surface area contributed by atoms with Crippen LogP contribution < -0.4 is 0 Å². The summed E-state index contributed by atoms with van der Waals surface area (Å²) in [6, 6.07) is 0. The third kappa shape index (κ3) is 2.26. The second-order valence-corrected chi connectivity index (χ2v) is 2.99. The van der Waals surface area contributed by atoms with E-state index in [1.807, 2.05) is 0 Å². The molecule has 1 saturated carbocycles. The minimum atomic E-state index is -0.384. The molecule has 2 nitrogen and oxygen atoms in total. The van der Waals surface area contributed by atoms with Crippen molar-refractivity contribution in [1.82, 2.24) is 0 Å². The SMILES string of the molecule is CC([S])C(=O)OC1CC1. The highest BCUT2D eigenvalue weighted by Crippen LogP contribution is 2.24. The molecule has 0 saturated heterocycles. The lowest BCUT2D eigenvalue weighted by atomic mass is 10.5. The van der Waals surface area contributed by atoms with Crippen molar-refractivity contribution >= 4 is 18.6 Å². The molecule has 1 atom stereocenters. The topological polar surface area (TPSA) is 26.3 Å². The molecule has 1 fully saturated rings. The highest BCUT2D eigenvalue weighted by atomic mass is 32.1. The Balaban J connectivity index is 2.17. The fraction of sp³-hybridized carbons (Fsp3) is 0.833. The third-order valence-corrected chi connectivity index (χ3v) is 1.33. The molecule has 1 aliphatic rings. The Morgan fingerprint density at radius 2 is 2.33 bits per heavy atom. The summed E-state index contributed by atoms with van der Waals surface area (Å²) in [7, 11) is 0. The number of hydrogen-bond donors (Lipinski definition) is 0. The number of esters is 1. The fourth-order valence-corrected chi connectivity index (χ4v) is 0.502. The minimum Gasteiger partial charge on any atom is -0.462 e. The summed E-state index contributed by atoms with van der Waals surface area (Å²) in [6.45, 7) is 1.67. The van der Waals surface area contributed by atoms with E-state index in [9.17, 15) is 4.79 Å². The Morgan fingerprint density at radius 1 is 1.78 bits per heavy atom. The van der Waals surface area contributed by atoms with Crippen LogP contribution in [-0.2, 0) is 9.53 Å². The van der Waals surface area contributed by atoms with Gasteiger partial charge < -0.3 is 4.74 Å². The maximum atomic E-state index is 10.7. The molecule has 0 bridgehead atoms. The molecule has 51 valence electrons. The Morgan fingerprint density at radius 3 is 2.67 bits per heavy atom. The normalized spacial score (nSPS) is 21.1. The molecule has 1 unspecified atom stereocenters. The van der Waals surface area contributed by atoms with Gasteiger partial charge in [0, 0.05) is 0 Å². The summed E-state index contributed by atoms with van der Waals surface area (Å²) >= 11 is 4.67. The lowest BCUT2D eigenvalue weighted by Crippen LogP contribution is -2.15. The zero-order chi connectivity index (χ0) is 6.85. The second-order valence-electron chi connectivity index (χ2n) is 2.28. The summed E-state index contributed by atoms with van der Waals surface area (Å²) < 4.78 is 4.88. The van der Waals surface area contributed by atoms with E-state index in [2.05, 4.69) is 12.6 Å². The van der Waals surface area contributed by atoms with Crippen molar-refractivity contribution in [1.29, 1.82) is 0 Å². The van der Waals surface area contributed by atoms with Crippen LogP contribution in [-0.4, -0.2) is 17.3 Å². The molecule has 0 N–H and O–H groups in total. The van der Waals surface area contributed by atoms with Gasteiger partial charge in [-0.3, -0.25) is 4.79 Å². The zero-order valence-corrected chi connectivity index (χ0v) is 6.11. The molecular weight excluding hydrogens is 136 g/mol. The van der Waals surface area contributed by atoms with Crippen molar-refractivity contribution in [2.45, 2.75) is 31.1 Å². The standard InChI is InChI=1S/C6H9O2S/c1-4(9)6(7)8-5-2-3-5/h4-5H,2-3H2,1H3. The maximum absolute atomic E-state index is 10.7. The highest BCUT2D eigenvalue weighted by molar-refractivity contribution is 7.81. The van der Waals surface area contributed by atoms with Gasteiger partial charge in [0.05, 0.1) is 0 Å². The summed E-state index contributed by atoms with van der Waals surface area (Å²) in [5.41, 5.74) is 0. The molecule has 1 radical (unpaired) electrons. The van der Waals surface area contributed by atoms with Gasteiger partial charge in [-0.1, -0.05) is 12.6 Å². The van der Waals surface area contributed by atoms with Crippen molar-refractivity contribution in [3.63, 3.8) is 0 Å². The van der Waals surface area contributed by atoms with Crippen LogP contribution in [0.2, 0.25) is 0 Å². The van der Waals surface area contributed by atoms with Crippen molar-refractivity contribution in [3.05, 3.63) is 0 Å². The molecule has 0 heterocycles. The summed E-state index contributed by atoms with van der Waals surface area (Å²) in [5, 5.41) is -0.384. The first-order chi connectivity index (χ1) is 4.20. The van der Waals surface area contributed by atoms with E-state index in [0.29, 0.717) is 0 Å². The smallest absolute Gasteiger partial charge is 0.319 e. The largest absolute Gasteiger partial charge is 0.462 e. The van der Waals surface area contributed by atoms with Gasteiger partial charge >= 0.3 is 5.97 Å². The highest BCUT2D eigenvalue weighted by Gasteiger charge is 2.27. The number of ether oxygens (including phenoxy) is 1. The lowest BCUT2D eigenvalue weighted by Gasteiger charge is -2.02. The van der Waals surface area contributed by atoms with E-state index in [-0.39, 0.29) is 17.3 Å². The molecule has 9 heavy (non-hydrogen) atoms. The van der Waals surface area contributed by atoms with Gasteiger partial charge in [-0.25, -0.2) is 0 Å². The van der Waals surface area contributed by atoms with Gasteiger partial charge in [0.15, 0.2) is 0 Å². The van der Waals surface area contributed by atoms with Crippen LogP contribution >= 0.6 is 12.6 Å². The lowest BCUT2D eigenvalue weighted by molar-refractivity contribution is -0.143. The van der Waals surface area contributed by atoms with Crippen molar-refractivity contribution in [2.24, 2.45) is 0 Å². The number of hydrogen-bond acceptors (Lipinski definition) is 2. The van der Waals surface area contributed by atoms with Crippen LogP contribution in [0.4, 0.5) is 0 Å². The molecule has 1 rings (SSSR count). The average molecular weight is 145 g/mol. The quantitative estimate of drug-likeness (QED) is 0.547. The predicted octanol–water partition coefficient (Wildman–Crippen LogP) is 1.28. The first-order valence-electron chi connectivity index (χ1n) is 3.06. The van der Waals surface area contributed by atoms with Crippen molar-refractivity contribution in [3.8, 4) is 0 Å². The first kappa shape index (κ1) is 6.93. The van der Waals surface area contributed by atoms with Gasteiger partial charge in [-0.2, -0.15) is 0 Å². The third-order valence-electron chi connectivity index (χ3n) is 1.14. The van der Waals surface area contributed by atoms with Crippen LogP contribution in [0.15, 0.2) is 0 Å². The molecule has 0 spiro atoms. The number of carbonyl (C=O) groups excluding carboxylic acids is 1. The maximum Gasteiger partial charge on any atom is 0.319 e. The van der Waals surface area contributed by atoms with Gasteiger partial charge in [0.25, 0.3) is 0 Å². The Labute approximate surface area is 60.0 Å². The van der Waals surface area contributed by atoms with E-state index in [1.54, 1.807) is 6.92 Å². The van der Waals surface area contributed by atoms with Gasteiger partial charge in [0.1, 0.15) is 11.4 Å². The minimum absolute atomic E-state index is 0.197. The van der Waals surface area contributed by atoms with Gasteiger partial charge in [-0.15, -0.1) is 0 Å². The molecule has 0 aromatic heterocycles. The van der Waals surface area contributed by atoms with Gasteiger partial charge in [-0.05, 0) is 19.8 Å². The Hall–Kier alpha value is -0.180. The molecule has 1 aliphatic carbocycles. The van der Waals surface area contributed by atoms with E-state index >= 15 is 0 Å². The van der Waals surface area contributed by atoms with Gasteiger partial charge in [0.2, 0.25) is 0 Å². The van der Waals surface area contributed by atoms with Crippen molar-refractivity contribution < 1.29 is 9.53 Å².